The lowest BCUT2D eigenvalue weighted by Crippen LogP contribution is -2.67. The number of rotatable bonds is 2. The van der Waals surface area contributed by atoms with E-state index in [1.807, 2.05) is 30.3 Å². The molecule has 0 amide bonds. The van der Waals surface area contributed by atoms with Gasteiger partial charge in [0, 0.05) is 5.92 Å². The Morgan fingerprint density at radius 2 is 1.38 bits per heavy atom. The Kier molecular flexibility index (Phi) is 6.17. The van der Waals surface area contributed by atoms with E-state index in [9.17, 15) is 4.79 Å². The van der Waals surface area contributed by atoms with Gasteiger partial charge in [-0.1, -0.05) is 73.6 Å². The van der Waals surface area contributed by atoms with Crippen LogP contribution in [0.4, 0.5) is 0 Å². The highest BCUT2D eigenvalue weighted by Gasteiger charge is 2.70. The van der Waals surface area contributed by atoms with E-state index in [1.165, 1.54) is 57.8 Å². The second kappa shape index (κ2) is 8.72. The quantitative estimate of drug-likeness (QED) is 0.356. The Balaban J connectivity index is 1.30. The highest BCUT2D eigenvalue weighted by Crippen LogP contribution is 2.78. The minimum absolute atomic E-state index is 0.173. The Labute approximate surface area is 238 Å². The van der Waals surface area contributed by atoms with Crippen LogP contribution in [0.5, 0.6) is 0 Å². The topological polar surface area (TPSA) is 26.3 Å². The number of fused-ring (bicyclic) bond motifs is 7. The number of carbonyl (C=O) groups excluding carboxylic acids is 1. The second-order valence-electron chi connectivity index (χ2n) is 16.9. The largest absolute Gasteiger partial charge is 0.428 e. The Morgan fingerprint density at radius 3 is 2.10 bits per heavy atom. The first-order valence-electron chi connectivity index (χ1n) is 16.2. The van der Waals surface area contributed by atoms with Crippen molar-refractivity contribution in [1.29, 1.82) is 0 Å². The molecule has 6 rings (SSSR count). The summed E-state index contributed by atoms with van der Waals surface area (Å²) in [6.45, 7) is 20.8. The summed E-state index contributed by atoms with van der Waals surface area (Å²) < 4.78 is 6.11. The molecule has 1 aromatic rings. The molecular formula is C37H54O2. The maximum Gasteiger partial charge on any atom is 0.343 e. The summed E-state index contributed by atoms with van der Waals surface area (Å²) in [6, 6.07) is 9.48. The average molecular weight is 531 g/mol. The molecule has 5 aliphatic carbocycles. The van der Waals surface area contributed by atoms with Gasteiger partial charge in [0.25, 0.3) is 0 Å². The van der Waals surface area contributed by atoms with Gasteiger partial charge >= 0.3 is 5.97 Å². The van der Waals surface area contributed by atoms with Crippen LogP contribution in [-0.2, 0) is 4.74 Å². The van der Waals surface area contributed by atoms with Crippen molar-refractivity contribution >= 4 is 5.97 Å². The van der Waals surface area contributed by atoms with Crippen LogP contribution in [0.1, 0.15) is 130 Å². The molecule has 0 N–H and O–H groups in total. The molecule has 39 heavy (non-hydrogen) atoms. The van der Waals surface area contributed by atoms with Crippen molar-refractivity contribution in [3.05, 3.63) is 47.7 Å². The highest BCUT2D eigenvalue weighted by atomic mass is 16.5. The number of hydrogen-bond donors (Lipinski definition) is 0. The van der Waals surface area contributed by atoms with Gasteiger partial charge in [-0.25, -0.2) is 4.79 Å². The molecule has 0 aromatic heterocycles. The standard InChI is InChI=1S/C37H54O2/c1-25-27(39-31(38)26-12-10-9-11-13-26)14-15-28-34(25,5)17-16-29-35(28,6)21-23-37(8)30-24-32(2,3)18-19-33(30,4)20-22-36(29,37)7/h9-14,25,28-30H,15-24H2,1-8H3. The molecule has 9 unspecified atom stereocenters. The summed E-state index contributed by atoms with van der Waals surface area (Å²) in [4.78, 5) is 13.0. The van der Waals surface area contributed by atoms with E-state index >= 15 is 0 Å². The van der Waals surface area contributed by atoms with E-state index < -0.39 is 0 Å². The van der Waals surface area contributed by atoms with Gasteiger partial charge in [-0.05, 0) is 133 Å². The summed E-state index contributed by atoms with van der Waals surface area (Å²) >= 11 is 0. The van der Waals surface area contributed by atoms with Crippen molar-refractivity contribution < 1.29 is 9.53 Å². The van der Waals surface area contributed by atoms with Crippen LogP contribution in [0, 0.1) is 56.2 Å². The van der Waals surface area contributed by atoms with Crippen molar-refractivity contribution in [3.63, 3.8) is 0 Å². The summed E-state index contributed by atoms with van der Waals surface area (Å²) in [7, 11) is 0. The van der Waals surface area contributed by atoms with Crippen LogP contribution in [0.2, 0.25) is 0 Å². The van der Waals surface area contributed by atoms with Gasteiger partial charge in [-0.15, -0.1) is 0 Å². The number of ether oxygens (including phenoxy) is 1. The molecule has 2 heteroatoms. The molecule has 0 bridgehead atoms. The smallest absolute Gasteiger partial charge is 0.343 e. The van der Waals surface area contributed by atoms with Crippen LogP contribution in [-0.4, -0.2) is 5.97 Å². The van der Waals surface area contributed by atoms with E-state index in [1.54, 1.807) is 0 Å². The molecule has 9 atom stereocenters. The Hall–Kier alpha value is -1.57. The summed E-state index contributed by atoms with van der Waals surface area (Å²) in [5, 5.41) is 0. The summed E-state index contributed by atoms with van der Waals surface area (Å²) in [5.41, 5.74) is 3.01. The average Bonchev–Trinajstić information content (AvgIpc) is 2.89. The Morgan fingerprint density at radius 1 is 0.744 bits per heavy atom. The molecule has 5 aliphatic rings. The first-order chi connectivity index (χ1) is 18.2. The number of hydrogen-bond acceptors (Lipinski definition) is 2. The lowest BCUT2D eigenvalue weighted by molar-refractivity contribution is -0.254. The van der Waals surface area contributed by atoms with Crippen LogP contribution < -0.4 is 0 Å². The molecule has 4 fully saturated rings. The van der Waals surface area contributed by atoms with Crippen molar-refractivity contribution in [3.8, 4) is 0 Å². The number of esters is 1. The third kappa shape index (κ3) is 3.81. The molecule has 0 heterocycles. The number of benzene rings is 1. The fourth-order valence-corrected chi connectivity index (χ4v) is 11.8. The third-order valence-electron chi connectivity index (χ3n) is 14.8. The molecule has 214 valence electrons. The molecule has 0 saturated heterocycles. The maximum atomic E-state index is 13.0. The lowest BCUT2D eigenvalue weighted by Gasteiger charge is -2.74. The second-order valence-corrected chi connectivity index (χ2v) is 16.9. The zero-order valence-corrected chi connectivity index (χ0v) is 26.2. The van der Waals surface area contributed by atoms with Crippen LogP contribution >= 0.6 is 0 Å². The highest BCUT2D eigenvalue weighted by molar-refractivity contribution is 5.90. The van der Waals surface area contributed by atoms with Gasteiger partial charge in [0.2, 0.25) is 0 Å². The van der Waals surface area contributed by atoms with E-state index in [0.717, 1.165) is 24.0 Å². The fourth-order valence-electron chi connectivity index (χ4n) is 11.8. The van der Waals surface area contributed by atoms with Crippen molar-refractivity contribution in [2.24, 2.45) is 56.2 Å². The zero-order chi connectivity index (χ0) is 28.1. The van der Waals surface area contributed by atoms with E-state index in [-0.39, 0.29) is 17.3 Å². The lowest BCUT2D eigenvalue weighted by atomic mass is 9.30. The minimum Gasteiger partial charge on any atom is -0.428 e. The molecule has 0 spiro atoms. The molecule has 4 saturated carbocycles. The first kappa shape index (κ1) is 27.6. The molecule has 1 aromatic carbocycles. The van der Waals surface area contributed by atoms with Gasteiger partial charge in [0.15, 0.2) is 0 Å². The van der Waals surface area contributed by atoms with Gasteiger partial charge in [-0.2, -0.15) is 0 Å². The third-order valence-corrected chi connectivity index (χ3v) is 14.8. The number of allylic oxidation sites excluding steroid dienone is 2. The molecule has 0 aliphatic heterocycles. The SMILES string of the molecule is CC1C(OC(=O)c2ccccc2)=CCC2C1(C)CCC1C2(C)CCC2(C)C3CC(C)(C)CCC3(C)CCC12C. The predicted molar refractivity (Wildman–Crippen MR) is 160 cm³/mol. The van der Waals surface area contributed by atoms with Gasteiger partial charge in [0.05, 0.1) is 5.56 Å². The molecule has 2 nitrogen and oxygen atoms in total. The van der Waals surface area contributed by atoms with E-state index in [4.69, 9.17) is 4.74 Å². The maximum absolute atomic E-state index is 13.0. The van der Waals surface area contributed by atoms with Gasteiger partial charge in [-0.3, -0.25) is 0 Å². The summed E-state index contributed by atoms with van der Waals surface area (Å²) in [5.74, 6) is 3.24. The molecular weight excluding hydrogens is 476 g/mol. The van der Waals surface area contributed by atoms with Crippen molar-refractivity contribution in [2.45, 2.75) is 120 Å². The molecule has 0 radical (unpaired) electrons. The normalized spacial score (nSPS) is 48.5. The zero-order valence-electron chi connectivity index (χ0n) is 26.2. The van der Waals surface area contributed by atoms with Crippen molar-refractivity contribution in [1.82, 2.24) is 0 Å². The van der Waals surface area contributed by atoms with Crippen LogP contribution in [0.3, 0.4) is 0 Å². The van der Waals surface area contributed by atoms with E-state index in [0.29, 0.717) is 38.6 Å². The van der Waals surface area contributed by atoms with Crippen LogP contribution in [0.25, 0.3) is 0 Å². The van der Waals surface area contributed by atoms with Gasteiger partial charge in [0.1, 0.15) is 5.76 Å². The number of carbonyl (C=O) groups is 1. The first-order valence-corrected chi connectivity index (χ1v) is 16.2. The fraction of sp³-hybridized carbons (Fsp3) is 0.757. The predicted octanol–water partition coefficient (Wildman–Crippen LogP) is 10.2. The van der Waals surface area contributed by atoms with Crippen LogP contribution in [0.15, 0.2) is 42.2 Å². The Bertz CT molecular complexity index is 1170. The monoisotopic (exact) mass is 530 g/mol. The van der Waals surface area contributed by atoms with Gasteiger partial charge < -0.3 is 4.74 Å². The van der Waals surface area contributed by atoms with Crippen molar-refractivity contribution in [2.75, 3.05) is 0 Å². The minimum atomic E-state index is -0.211. The summed E-state index contributed by atoms with van der Waals surface area (Å²) in [6.07, 6.45) is 15.7. The van der Waals surface area contributed by atoms with E-state index in [2.05, 4.69) is 61.5 Å².